The van der Waals surface area contributed by atoms with Gasteiger partial charge in [-0.05, 0) is 25.0 Å². The van der Waals surface area contributed by atoms with Gasteiger partial charge in [0.2, 0.25) is 0 Å². The fourth-order valence-corrected chi connectivity index (χ4v) is 4.35. The van der Waals surface area contributed by atoms with Crippen LogP contribution in [0.5, 0.6) is 0 Å². The van der Waals surface area contributed by atoms with E-state index >= 15 is 0 Å². The lowest BCUT2D eigenvalue weighted by molar-refractivity contribution is -0.196. The van der Waals surface area contributed by atoms with Crippen LogP contribution in [0.4, 0.5) is 23.2 Å². The zero-order valence-electron chi connectivity index (χ0n) is 19.2. The van der Waals surface area contributed by atoms with Gasteiger partial charge in [0.05, 0.1) is 24.0 Å². The van der Waals surface area contributed by atoms with Crippen molar-refractivity contribution in [1.29, 1.82) is 0 Å². The number of aromatic amines is 1. The molecule has 1 aliphatic rings. The predicted molar refractivity (Wildman–Crippen MR) is 126 cm³/mol. The first kappa shape index (κ1) is 26.9. The van der Waals surface area contributed by atoms with Gasteiger partial charge >= 0.3 is 6.18 Å². The Kier molecular flexibility index (Phi) is 8.11. The number of aromatic nitrogens is 6. The highest BCUT2D eigenvalue weighted by Crippen LogP contribution is 2.38. The smallest absolute Gasteiger partial charge is 0.411 e. The van der Waals surface area contributed by atoms with Crippen LogP contribution in [0, 0.1) is 5.82 Å². The highest BCUT2D eigenvalue weighted by atomic mass is 32.1. The van der Waals surface area contributed by atoms with Gasteiger partial charge in [0.25, 0.3) is 12.4 Å². The van der Waals surface area contributed by atoms with Gasteiger partial charge in [-0.2, -0.15) is 23.4 Å². The molecular formula is C22H19F4N7O4S. The largest absolute Gasteiger partial charge is 0.483 e. The van der Waals surface area contributed by atoms with Crippen molar-refractivity contribution in [1.82, 2.24) is 29.9 Å². The summed E-state index contributed by atoms with van der Waals surface area (Å²) in [6, 6.07) is 2.38. The molecule has 4 aromatic heterocycles. The SMILES string of the molecule is O=C(Nc1cn([C@H]2C[C@H](OCC(F)(F)F)C2)nc1-c1ncccc1F)c1csc(-c2cn[nH]c2)n1.O=CO. The Morgan fingerprint density at radius 3 is 2.76 bits per heavy atom. The first-order valence-corrected chi connectivity index (χ1v) is 11.8. The highest BCUT2D eigenvalue weighted by Gasteiger charge is 2.37. The van der Waals surface area contributed by atoms with Crippen molar-refractivity contribution in [2.45, 2.75) is 31.2 Å². The Labute approximate surface area is 215 Å². The lowest BCUT2D eigenvalue weighted by Gasteiger charge is -2.35. The third kappa shape index (κ3) is 6.38. The fourth-order valence-electron chi connectivity index (χ4n) is 3.57. The number of carbonyl (C=O) groups is 2. The van der Waals surface area contributed by atoms with Crippen LogP contribution in [0.1, 0.15) is 29.4 Å². The quantitative estimate of drug-likeness (QED) is 0.228. The Hall–Kier alpha value is -4.18. The number of carboxylic acid groups (broad SMARTS) is 1. The number of halogens is 4. The maximum Gasteiger partial charge on any atom is 0.411 e. The van der Waals surface area contributed by atoms with Crippen molar-refractivity contribution in [2.75, 3.05) is 11.9 Å². The molecule has 1 amide bonds. The topological polar surface area (TPSA) is 148 Å². The molecule has 0 bridgehead atoms. The molecule has 4 heterocycles. The summed E-state index contributed by atoms with van der Waals surface area (Å²) in [5, 5.41) is 22.7. The molecule has 4 aromatic rings. The summed E-state index contributed by atoms with van der Waals surface area (Å²) in [6.07, 6.45) is 1.78. The monoisotopic (exact) mass is 553 g/mol. The van der Waals surface area contributed by atoms with Gasteiger partial charge in [0, 0.05) is 29.5 Å². The average Bonchev–Trinajstić information content (AvgIpc) is 3.59. The molecule has 0 aliphatic heterocycles. The van der Waals surface area contributed by atoms with Crippen LogP contribution in [-0.2, 0) is 9.53 Å². The molecule has 1 aliphatic carbocycles. The van der Waals surface area contributed by atoms with Crippen molar-refractivity contribution in [2.24, 2.45) is 0 Å². The van der Waals surface area contributed by atoms with Crippen LogP contribution >= 0.6 is 11.3 Å². The number of H-pyrrole nitrogens is 1. The Balaban J connectivity index is 0.00000107. The van der Waals surface area contributed by atoms with E-state index in [1.54, 1.807) is 17.8 Å². The zero-order valence-corrected chi connectivity index (χ0v) is 20.0. The Morgan fingerprint density at radius 2 is 2.11 bits per heavy atom. The van der Waals surface area contributed by atoms with Crippen LogP contribution in [0.15, 0.2) is 42.3 Å². The van der Waals surface area contributed by atoms with Crippen molar-refractivity contribution < 1.29 is 37.0 Å². The number of nitrogens with zero attached hydrogens (tertiary/aromatic N) is 5. The van der Waals surface area contributed by atoms with Crippen molar-refractivity contribution in [3.05, 3.63) is 53.8 Å². The predicted octanol–water partition coefficient (Wildman–Crippen LogP) is 4.17. The summed E-state index contributed by atoms with van der Waals surface area (Å²) in [4.78, 5) is 29.6. The van der Waals surface area contributed by atoms with E-state index in [2.05, 4.69) is 30.6 Å². The number of alkyl halides is 3. The molecule has 0 spiro atoms. The molecule has 0 saturated heterocycles. The lowest BCUT2D eigenvalue weighted by atomic mass is 9.89. The first-order valence-electron chi connectivity index (χ1n) is 10.9. The van der Waals surface area contributed by atoms with Crippen LogP contribution in [0.3, 0.4) is 0 Å². The minimum atomic E-state index is -4.40. The van der Waals surface area contributed by atoms with Crippen molar-refractivity contribution in [3.8, 4) is 22.0 Å². The number of rotatable bonds is 7. The van der Waals surface area contributed by atoms with E-state index in [9.17, 15) is 22.4 Å². The molecular weight excluding hydrogens is 534 g/mol. The zero-order chi connectivity index (χ0) is 27.3. The number of nitrogens with one attached hydrogen (secondary N) is 2. The van der Waals surface area contributed by atoms with E-state index in [-0.39, 0.29) is 35.3 Å². The minimum Gasteiger partial charge on any atom is -0.483 e. The summed E-state index contributed by atoms with van der Waals surface area (Å²) < 4.78 is 58.0. The van der Waals surface area contributed by atoms with Crippen LogP contribution in [0.25, 0.3) is 22.0 Å². The third-order valence-electron chi connectivity index (χ3n) is 5.37. The number of carbonyl (C=O) groups excluding carboxylic acids is 1. The summed E-state index contributed by atoms with van der Waals surface area (Å²) in [5.74, 6) is -1.17. The fraction of sp³-hybridized carbons (Fsp3) is 0.273. The average molecular weight is 553 g/mol. The second-order valence-electron chi connectivity index (χ2n) is 7.96. The standard InChI is InChI=1S/C21H17F4N7O2S.CH2O2/c22-14-2-1-3-26-17(14)18-15(8-32(31-18)12-4-13(5-12)34-10-21(23,24)25)29-19(33)16-9-35-20(30-16)11-6-27-28-7-11;2-1-3/h1-3,6-9,12-13H,4-5,10H2,(H,27,28)(H,29,33);1H,(H,2,3)/t12-,13-;. The van der Waals surface area contributed by atoms with Gasteiger partial charge in [0.1, 0.15) is 28.7 Å². The molecule has 38 heavy (non-hydrogen) atoms. The minimum absolute atomic E-state index is 0.0666. The highest BCUT2D eigenvalue weighted by molar-refractivity contribution is 7.13. The molecule has 11 nitrogen and oxygen atoms in total. The third-order valence-corrected chi connectivity index (χ3v) is 6.26. The molecule has 200 valence electrons. The summed E-state index contributed by atoms with van der Waals surface area (Å²) in [7, 11) is 0. The molecule has 0 radical (unpaired) electrons. The normalized spacial score (nSPS) is 16.7. The summed E-state index contributed by atoms with van der Waals surface area (Å²) >= 11 is 1.26. The van der Waals surface area contributed by atoms with Crippen molar-refractivity contribution in [3.63, 3.8) is 0 Å². The lowest BCUT2D eigenvalue weighted by Crippen LogP contribution is -2.36. The van der Waals surface area contributed by atoms with Gasteiger partial charge in [-0.3, -0.25) is 24.4 Å². The molecule has 1 saturated carbocycles. The number of pyridine rings is 1. The van der Waals surface area contributed by atoms with Crippen LogP contribution < -0.4 is 5.32 Å². The van der Waals surface area contributed by atoms with Gasteiger partial charge in [-0.15, -0.1) is 11.3 Å². The van der Waals surface area contributed by atoms with E-state index in [0.717, 1.165) is 5.56 Å². The number of ether oxygens (including phenoxy) is 1. The number of hydrogen-bond donors (Lipinski definition) is 3. The molecule has 0 aromatic carbocycles. The maximum atomic E-state index is 14.5. The van der Waals surface area contributed by atoms with E-state index < -0.39 is 30.6 Å². The van der Waals surface area contributed by atoms with Gasteiger partial charge in [-0.25, -0.2) is 9.37 Å². The van der Waals surface area contributed by atoms with Gasteiger partial charge < -0.3 is 15.2 Å². The van der Waals surface area contributed by atoms with Crippen LogP contribution in [-0.4, -0.2) is 66.3 Å². The van der Waals surface area contributed by atoms with E-state index in [1.807, 2.05) is 0 Å². The van der Waals surface area contributed by atoms with Crippen LogP contribution in [0.2, 0.25) is 0 Å². The van der Waals surface area contributed by atoms with E-state index in [1.165, 1.54) is 40.5 Å². The number of amides is 1. The molecule has 0 unspecified atom stereocenters. The Bertz CT molecular complexity index is 1380. The van der Waals surface area contributed by atoms with Crippen molar-refractivity contribution >= 4 is 29.4 Å². The second kappa shape index (κ2) is 11.5. The summed E-state index contributed by atoms with van der Waals surface area (Å²) in [5.41, 5.74) is 1.11. The first-order chi connectivity index (χ1) is 18.2. The number of anilines is 1. The molecule has 16 heteroatoms. The second-order valence-corrected chi connectivity index (χ2v) is 8.82. The Morgan fingerprint density at radius 1 is 1.34 bits per heavy atom. The molecule has 1 fully saturated rings. The number of thiazole rings is 1. The van der Waals surface area contributed by atoms with Gasteiger partial charge in [0.15, 0.2) is 5.82 Å². The van der Waals surface area contributed by atoms with E-state index in [0.29, 0.717) is 17.8 Å². The molecule has 3 N–H and O–H groups in total. The van der Waals surface area contributed by atoms with Gasteiger partial charge in [-0.1, -0.05) is 0 Å². The molecule has 5 rings (SSSR count). The molecule has 0 atom stereocenters. The maximum absolute atomic E-state index is 14.5. The van der Waals surface area contributed by atoms with E-state index in [4.69, 9.17) is 14.6 Å². The number of hydrogen-bond acceptors (Lipinski definition) is 8. The summed E-state index contributed by atoms with van der Waals surface area (Å²) in [6.45, 7) is -1.57.